The highest BCUT2D eigenvalue weighted by atomic mass is 127. The maximum atomic E-state index is 11.7. The number of sulfonamides is 1. The fraction of sp³-hybridized carbons (Fsp3) is 0.952. The second-order valence-corrected chi connectivity index (χ2v) is 11.2. The number of guanidine groups is 1. The van der Waals surface area contributed by atoms with Crippen LogP contribution in [0.2, 0.25) is 0 Å². The van der Waals surface area contributed by atoms with Crippen LogP contribution in [0.4, 0.5) is 0 Å². The van der Waals surface area contributed by atoms with Gasteiger partial charge in [0.25, 0.3) is 0 Å². The van der Waals surface area contributed by atoms with Gasteiger partial charge in [-0.2, -0.15) is 0 Å². The average molecular weight is 556 g/mol. The van der Waals surface area contributed by atoms with E-state index in [0.717, 1.165) is 31.9 Å². The molecule has 0 amide bonds. The summed E-state index contributed by atoms with van der Waals surface area (Å²) in [5.74, 6) is 1.38. The number of nitrogens with one attached hydrogen (secondary N) is 2. The van der Waals surface area contributed by atoms with Gasteiger partial charge in [-0.3, -0.25) is 9.89 Å². The Hall–Kier alpha value is -0.130. The van der Waals surface area contributed by atoms with Crippen LogP contribution in [0.5, 0.6) is 0 Å². The molecule has 0 aromatic carbocycles. The zero-order chi connectivity index (χ0) is 20.7. The molecule has 0 spiro atoms. The lowest BCUT2D eigenvalue weighted by Gasteiger charge is -2.48. The van der Waals surface area contributed by atoms with E-state index in [9.17, 15) is 8.42 Å². The van der Waals surface area contributed by atoms with E-state index in [1.807, 2.05) is 7.05 Å². The molecule has 7 nitrogen and oxygen atoms in total. The molecule has 0 bridgehead atoms. The Morgan fingerprint density at radius 1 is 0.967 bits per heavy atom. The van der Waals surface area contributed by atoms with Crippen LogP contribution in [0, 0.1) is 5.92 Å². The molecule has 2 N–H and O–H groups in total. The quantitative estimate of drug-likeness (QED) is 0.300. The van der Waals surface area contributed by atoms with E-state index < -0.39 is 10.0 Å². The van der Waals surface area contributed by atoms with Crippen LogP contribution in [-0.2, 0) is 10.0 Å². The SMILES string of the molecule is CN=C(NCC1CCN(S(C)(=O)=O)CC1)NCC1(N2CCCCC2)CCCCC1.I. The molecule has 0 unspecified atom stereocenters. The predicted octanol–water partition coefficient (Wildman–Crippen LogP) is 2.63. The molecule has 30 heavy (non-hydrogen) atoms. The van der Waals surface area contributed by atoms with Gasteiger partial charge in [-0.25, -0.2) is 12.7 Å². The first-order valence-corrected chi connectivity index (χ1v) is 13.4. The van der Waals surface area contributed by atoms with E-state index in [-0.39, 0.29) is 29.5 Å². The Morgan fingerprint density at radius 3 is 2.13 bits per heavy atom. The first-order chi connectivity index (χ1) is 13.9. The molecular formula is C21H42IN5O2S. The van der Waals surface area contributed by atoms with Crippen LogP contribution in [-0.4, -0.2) is 81.7 Å². The Kier molecular flexibility index (Phi) is 10.6. The highest BCUT2D eigenvalue weighted by molar-refractivity contribution is 14.0. The molecule has 1 aliphatic carbocycles. The number of likely N-dealkylation sites (tertiary alicyclic amines) is 1. The maximum Gasteiger partial charge on any atom is 0.211 e. The second-order valence-electron chi connectivity index (χ2n) is 9.24. The van der Waals surface area contributed by atoms with Crippen LogP contribution < -0.4 is 10.6 Å². The highest BCUT2D eigenvalue weighted by Gasteiger charge is 2.38. The van der Waals surface area contributed by atoms with Crippen molar-refractivity contribution in [3.63, 3.8) is 0 Å². The summed E-state index contributed by atoms with van der Waals surface area (Å²) in [6.45, 7) is 5.58. The zero-order valence-corrected chi connectivity index (χ0v) is 22.0. The van der Waals surface area contributed by atoms with Gasteiger partial charge >= 0.3 is 0 Å². The van der Waals surface area contributed by atoms with E-state index in [4.69, 9.17) is 0 Å². The van der Waals surface area contributed by atoms with Gasteiger partial charge in [-0.15, -0.1) is 24.0 Å². The summed E-state index contributed by atoms with van der Waals surface area (Å²) in [4.78, 5) is 7.22. The summed E-state index contributed by atoms with van der Waals surface area (Å²) in [5.41, 5.74) is 0.289. The number of nitrogens with zero attached hydrogens (tertiary/aromatic N) is 3. The third-order valence-electron chi connectivity index (χ3n) is 7.22. The Morgan fingerprint density at radius 2 is 1.57 bits per heavy atom. The van der Waals surface area contributed by atoms with Gasteiger partial charge in [-0.1, -0.05) is 25.7 Å². The molecule has 0 atom stereocenters. The zero-order valence-electron chi connectivity index (χ0n) is 18.9. The van der Waals surface area contributed by atoms with Crippen molar-refractivity contribution in [2.45, 2.75) is 69.7 Å². The monoisotopic (exact) mass is 555 g/mol. The lowest BCUT2D eigenvalue weighted by Crippen LogP contribution is -2.59. The van der Waals surface area contributed by atoms with Crippen molar-refractivity contribution in [3.05, 3.63) is 0 Å². The number of hydrogen-bond acceptors (Lipinski definition) is 4. The Bertz CT molecular complexity index is 638. The van der Waals surface area contributed by atoms with Crippen molar-refractivity contribution in [2.75, 3.05) is 52.6 Å². The van der Waals surface area contributed by atoms with Gasteiger partial charge in [0.05, 0.1) is 6.26 Å². The normalized spacial score (nSPS) is 24.8. The number of halogens is 1. The van der Waals surface area contributed by atoms with Crippen LogP contribution in [0.25, 0.3) is 0 Å². The molecule has 9 heteroatoms. The Labute approximate surface area is 200 Å². The standard InChI is InChI=1S/C21H41N5O2S.HI/c1-22-20(23-17-19-9-15-26(16-10-19)29(2,27)28)24-18-21(11-5-3-6-12-21)25-13-7-4-8-14-25;/h19H,3-18H2,1-2H3,(H2,22,23,24);1H. The van der Waals surface area contributed by atoms with E-state index in [1.54, 1.807) is 4.31 Å². The second kappa shape index (κ2) is 12.2. The van der Waals surface area contributed by atoms with Gasteiger partial charge in [0.15, 0.2) is 5.96 Å². The molecular weight excluding hydrogens is 513 g/mol. The van der Waals surface area contributed by atoms with Gasteiger partial charge in [0.1, 0.15) is 0 Å². The molecule has 2 saturated heterocycles. The molecule has 2 heterocycles. The number of rotatable bonds is 6. The van der Waals surface area contributed by atoms with Gasteiger partial charge in [-0.05, 0) is 57.5 Å². The largest absolute Gasteiger partial charge is 0.356 e. The van der Waals surface area contributed by atoms with Crippen LogP contribution in [0.1, 0.15) is 64.2 Å². The summed E-state index contributed by atoms with van der Waals surface area (Å²) >= 11 is 0. The van der Waals surface area contributed by atoms with E-state index in [2.05, 4.69) is 20.5 Å². The fourth-order valence-electron chi connectivity index (χ4n) is 5.34. The summed E-state index contributed by atoms with van der Waals surface area (Å²) in [6.07, 6.45) is 13.8. The fourth-order valence-corrected chi connectivity index (χ4v) is 6.21. The average Bonchev–Trinajstić information content (AvgIpc) is 2.75. The lowest BCUT2D eigenvalue weighted by molar-refractivity contribution is 0.0368. The molecule has 2 aliphatic heterocycles. The summed E-state index contributed by atoms with van der Waals surface area (Å²) in [6, 6.07) is 0. The van der Waals surface area contributed by atoms with Gasteiger partial charge in [0.2, 0.25) is 10.0 Å². The van der Waals surface area contributed by atoms with Crippen molar-refractivity contribution >= 4 is 40.0 Å². The number of piperidine rings is 2. The van der Waals surface area contributed by atoms with E-state index >= 15 is 0 Å². The Balaban J connectivity index is 0.00000320. The third kappa shape index (κ3) is 7.20. The molecule has 1 saturated carbocycles. The minimum absolute atomic E-state index is 0. The smallest absolute Gasteiger partial charge is 0.211 e. The van der Waals surface area contributed by atoms with Crippen LogP contribution >= 0.6 is 24.0 Å². The van der Waals surface area contributed by atoms with Crippen molar-refractivity contribution < 1.29 is 8.42 Å². The first kappa shape index (κ1) is 26.1. The third-order valence-corrected chi connectivity index (χ3v) is 8.52. The van der Waals surface area contributed by atoms with E-state index in [0.29, 0.717) is 19.0 Å². The molecule has 3 fully saturated rings. The lowest BCUT2D eigenvalue weighted by atomic mass is 9.79. The molecule has 0 radical (unpaired) electrons. The minimum atomic E-state index is -3.05. The minimum Gasteiger partial charge on any atom is -0.356 e. The van der Waals surface area contributed by atoms with Crippen molar-refractivity contribution in [1.29, 1.82) is 0 Å². The van der Waals surface area contributed by atoms with Crippen LogP contribution in [0.3, 0.4) is 0 Å². The number of hydrogen-bond donors (Lipinski definition) is 2. The molecule has 0 aromatic rings. The summed E-state index contributed by atoms with van der Waals surface area (Å²) < 4.78 is 25.0. The summed E-state index contributed by atoms with van der Waals surface area (Å²) in [5, 5.41) is 7.15. The first-order valence-electron chi connectivity index (χ1n) is 11.6. The molecule has 0 aromatic heterocycles. The summed E-state index contributed by atoms with van der Waals surface area (Å²) in [7, 11) is -1.21. The molecule has 3 aliphatic rings. The van der Waals surface area contributed by atoms with Crippen molar-refractivity contribution in [2.24, 2.45) is 10.9 Å². The topological polar surface area (TPSA) is 77.0 Å². The molecule has 176 valence electrons. The van der Waals surface area contributed by atoms with Crippen molar-refractivity contribution in [1.82, 2.24) is 19.8 Å². The van der Waals surface area contributed by atoms with Gasteiger partial charge < -0.3 is 10.6 Å². The maximum absolute atomic E-state index is 11.7. The highest BCUT2D eigenvalue weighted by Crippen LogP contribution is 2.35. The van der Waals surface area contributed by atoms with Crippen molar-refractivity contribution in [3.8, 4) is 0 Å². The number of aliphatic imine (C=N–C) groups is 1. The van der Waals surface area contributed by atoms with Gasteiger partial charge in [0, 0.05) is 38.8 Å². The van der Waals surface area contributed by atoms with Crippen LogP contribution in [0.15, 0.2) is 4.99 Å². The predicted molar refractivity (Wildman–Crippen MR) is 135 cm³/mol. The van der Waals surface area contributed by atoms with E-state index in [1.165, 1.54) is 70.7 Å². The molecule has 3 rings (SSSR count).